The smallest absolute Gasteiger partial charge is 0.127 e. The molecule has 0 fully saturated rings. The van der Waals surface area contributed by atoms with Crippen LogP contribution in [0.2, 0.25) is 0 Å². The van der Waals surface area contributed by atoms with Crippen LogP contribution in [-0.4, -0.2) is 5.33 Å². The summed E-state index contributed by atoms with van der Waals surface area (Å²) in [5.74, 6) is 1.11. The van der Waals surface area contributed by atoms with Gasteiger partial charge in [0, 0.05) is 9.80 Å². The molecule has 0 unspecified atom stereocenters. The van der Waals surface area contributed by atoms with Crippen LogP contribution in [0.15, 0.2) is 46.9 Å². The summed E-state index contributed by atoms with van der Waals surface area (Å²) in [7, 11) is 0. The molecule has 0 amide bonds. The van der Waals surface area contributed by atoms with Gasteiger partial charge in [-0.25, -0.2) is 4.39 Å². The van der Waals surface area contributed by atoms with E-state index in [1.165, 1.54) is 17.7 Å². The first kappa shape index (κ1) is 13.6. The maximum Gasteiger partial charge on any atom is 0.127 e. The predicted molar refractivity (Wildman–Crippen MR) is 78.1 cm³/mol. The van der Waals surface area contributed by atoms with E-state index in [2.05, 4.69) is 31.9 Å². The van der Waals surface area contributed by atoms with Gasteiger partial charge in [0.1, 0.15) is 17.3 Å². The fourth-order valence-corrected chi connectivity index (χ4v) is 2.42. The number of aryl methyl sites for hydroxylation is 1. The quantitative estimate of drug-likeness (QED) is 0.659. The van der Waals surface area contributed by atoms with E-state index in [9.17, 15) is 4.39 Å². The van der Waals surface area contributed by atoms with Gasteiger partial charge in [0.15, 0.2) is 0 Å². The largest absolute Gasteiger partial charge is 0.457 e. The second kappa shape index (κ2) is 6.34. The summed E-state index contributed by atoms with van der Waals surface area (Å²) in [6, 6.07) is 11.8. The Hall–Kier alpha value is -0.870. The monoisotopic (exact) mass is 372 g/mol. The van der Waals surface area contributed by atoms with Crippen molar-refractivity contribution >= 4 is 31.9 Å². The summed E-state index contributed by atoms with van der Waals surface area (Å²) in [6.45, 7) is 0. The van der Waals surface area contributed by atoms with Crippen molar-refractivity contribution in [1.29, 1.82) is 0 Å². The minimum atomic E-state index is -0.266. The fourth-order valence-electron chi connectivity index (χ4n) is 1.55. The highest BCUT2D eigenvalue weighted by atomic mass is 79.9. The highest BCUT2D eigenvalue weighted by molar-refractivity contribution is 9.10. The van der Waals surface area contributed by atoms with Crippen molar-refractivity contribution < 1.29 is 9.13 Å². The van der Waals surface area contributed by atoms with E-state index in [0.29, 0.717) is 5.75 Å². The lowest BCUT2D eigenvalue weighted by atomic mass is 10.2. The zero-order valence-electron chi connectivity index (χ0n) is 9.50. The van der Waals surface area contributed by atoms with Gasteiger partial charge in [-0.2, -0.15) is 0 Å². The van der Waals surface area contributed by atoms with Crippen LogP contribution in [0.1, 0.15) is 5.56 Å². The van der Waals surface area contributed by atoms with E-state index >= 15 is 0 Å². The standard InChI is InChI=1S/C14H11Br2FO/c15-8-7-10-9-13(5-6-14(10)16)18-12-3-1-11(17)2-4-12/h1-6,9H,7-8H2. The molecule has 18 heavy (non-hydrogen) atoms. The third-order valence-corrected chi connectivity index (χ3v) is 3.60. The Morgan fingerprint density at radius 3 is 2.33 bits per heavy atom. The molecule has 0 aliphatic carbocycles. The van der Waals surface area contributed by atoms with Crippen LogP contribution < -0.4 is 4.74 Å². The van der Waals surface area contributed by atoms with Gasteiger partial charge in [-0.1, -0.05) is 31.9 Å². The van der Waals surface area contributed by atoms with Crippen molar-refractivity contribution in [3.63, 3.8) is 0 Å². The molecule has 0 radical (unpaired) electrons. The number of halogens is 3. The van der Waals surface area contributed by atoms with Crippen LogP contribution in [0.25, 0.3) is 0 Å². The van der Waals surface area contributed by atoms with E-state index in [-0.39, 0.29) is 5.82 Å². The van der Waals surface area contributed by atoms with Gasteiger partial charge in [0.2, 0.25) is 0 Å². The number of alkyl halides is 1. The summed E-state index contributed by atoms with van der Waals surface area (Å²) < 4.78 is 19.5. The molecule has 0 bridgehead atoms. The Balaban J connectivity index is 2.18. The second-order valence-corrected chi connectivity index (χ2v) is 5.40. The average molecular weight is 374 g/mol. The molecule has 0 saturated carbocycles. The van der Waals surface area contributed by atoms with Gasteiger partial charge in [-0.05, 0) is 54.4 Å². The van der Waals surface area contributed by atoms with Gasteiger partial charge in [-0.3, -0.25) is 0 Å². The lowest BCUT2D eigenvalue weighted by Crippen LogP contribution is -1.90. The molecule has 0 aromatic heterocycles. The Morgan fingerprint density at radius 2 is 1.67 bits per heavy atom. The molecule has 0 saturated heterocycles. The molecule has 0 heterocycles. The van der Waals surface area contributed by atoms with Gasteiger partial charge in [0.25, 0.3) is 0 Å². The zero-order valence-corrected chi connectivity index (χ0v) is 12.7. The molecule has 0 aliphatic heterocycles. The molecule has 4 heteroatoms. The Bertz CT molecular complexity index is 526. The molecule has 0 spiro atoms. The van der Waals surface area contributed by atoms with Crippen LogP contribution in [0.4, 0.5) is 4.39 Å². The number of hydrogen-bond acceptors (Lipinski definition) is 1. The van der Waals surface area contributed by atoms with Crippen molar-refractivity contribution in [3.8, 4) is 11.5 Å². The van der Waals surface area contributed by atoms with E-state index in [4.69, 9.17) is 4.74 Å². The van der Waals surface area contributed by atoms with Gasteiger partial charge < -0.3 is 4.74 Å². The van der Waals surface area contributed by atoms with Crippen LogP contribution in [0.5, 0.6) is 11.5 Å². The highest BCUT2D eigenvalue weighted by Gasteiger charge is 2.03. The molecular formula is C14H11Br2FO. The van der Waals surface area contributed by atoms with E-state index < -0.39 is 0 Å². The molecule has 2 rings (SSSR count). The lowest BCUT2D eigenvalue weighted by molar-refractivity contribution is 0.480. The van der Waals surface area contributed by atoms with E-state index in [0.717, 1.165) is 22.0 Å². The van der Waals surface area contributed by atoms with Crippen LogP contribution in [0.3, 0.4) is 0 Å². The Labute approximate surface area is 122 Å². The first-order valence-corrected chi connectivity index (χ1v) is 7.38. The van der Waals surface area contributed by atoms with Gasteiger partial charge in [-0.15, -0.1) is 0 Å². The minimum absolute atomic E-state index is 0.266. The molecule has 2 aromatic rings. The van der Waals surface area contributed by atoms with E-state index in [1.54, 1.807) is 12.1 Å². The highest BCUT2D eigenvalue weighted by Crippen LogP contribution is 2.27. The number of ether oxygens (including phenoxy) is 1. The number of benzene rings is 2. The topological polar surface area (TPSA) is 9.23 Å². The minimum Gasteiger partial charge on any atom is -0.457 e. The molecule has 0 atom stereocenters. The first-order valence-electron chi connectivity index (χ1n) is 5.47. The molecule has 0 N–H and O–H groups in total. The average Bonchev–Trinajstić information content (AvgIpc) is 2.37. The Morgan fingerprint density at radius 1 is 1.00 bits per heavy atom. The summed E-state index contributed by atoms with van der Waals surface area (Å²) in [5, 5.41) is 0.894. The molecule has 2 aromatic carbocycles. The van der Waals surface area contributed by atoms with Crippen molar-refractivity contribution in [1.82, 2.24) is 0 Å². The van der Waals surface area contributed by atoms with Crippen molar-refractivity contribution in [3.05, 3.63) is 58.3 Å². The van der Waals surface area contributed by atoms with Crippen LogP contribution in [0, 0.1) is 5.82 Å². The third kappa shape index (κ3) is 3.56. The maximum absolute atomic E-state index is 12.8. The summed E-state index contributed by atoms with van der Waals surface area (Å²) in [5.41, 5.74) is 1.17. The SMILES string of the molecule is Fc1ccc(Oc2ccc(Br)c(CCBr)c2)cc1. The van der Waals surface area contributed by atoms with Crippen LogP contribution in [-0.2, 0) is 6.42 Å². The molecule has 1 nitrogen and oxygen atoms in total. The molecule has 94 valence electrons. The predicted octanol–water partition coefficient (Wildman–Crippen LogP) is 5.32. The maximum atomic E-state index is 12.8. The fraction of sp³-hybridized carbons (Fsp3) is 0.143. The summed E-state index contributed by atoms with van der Waals surface area (Å²) >= 11 is 6.92. The van der Waals surface area contributed by atoms with Gasteiger partial charge in [0.05, 0.1) is 0 Å². The van der Waals surface area contributed by atoms with Crippen molar-refractivity contribution in [2.45, 2.75) is 6.42 Å². The first-order chi connectivity index (χ1) is 8.69. The third-order valence-electron chi connectivity index (χ3n) is 2.43. The van der Waals surface area contributed by atoms with Gasteiger partial charge >= 0.3 is 0 Å². The normalized spacial score (nSPS) is 10.4. The van der Waals surface area contributed by atoms with Crippen molar-refractivity contribution in [2.75, 3.05) is 5.33 Å². The number of rotatable bonds is 4. The second-order valence-electron chi connectivity index (χ2n) is 3.75. The van der Waals surface area contributed by atoms with E-state index in [1.807, 2.05) is 18.2 Å². The van der Waals surface area contributed by atoms with Crippen molar-refractivity contribution in [2.24, 2.45) is 0 Å². The molecule has 0 aliphatic rings. The lowest BCUT2D eigenvalue weighted by Gasteiger charge is -2.08. The molecular weight excluding hydrogens is 363 g/mol. The summed E-state index contributed by atoms with van der Waals surface area (Å²) in [4.78, 5) is 0. The van der Waals surface area contributed by atoms with Crippen LogP contribution >= 0.6 is 31.9 Å². The number of hydrogen-bond donors (Lipinski definition) is 0. The zero-order chi connectivity index (χ0) is 13.0. The Kier molecular flexibility index (Phi) is 4.78. The summed E-state index contributed by atoms with van der Waals surface area (Å²) in [6.07, 6.45) is 0.918.